The number of methoxy groups -OCH3 is 1. The molecular weight excluding hydrogens is 223 g/mol. The summed E-state index contributed by atoms with van der Waals surface area (Å²) in [4.78, 5) is 12.4. The molecule has 0 bridgehead atoms. The number of carbonyl (C=O) groups is 1. The first-order valence-electron chi connectivity index (χ1n) is 5.61. The molecule has 0 spiro atoms. The molecule has 92 valence electrons. The van der Waals surface area contributed by atoms with Crippen molar-refractivity contribution in [3.63, 3.8) is 0 Å². The highest BCUT2D eigenvalue weighted by molar-refractivity contribution is 6.02. The molecule has 0 unspecified atom stereocenters. The monoisotopic (exact) mass is 238 g/mol. The molecular formula is C13H15FO3. The van der Waals surface area contributed by atoms with Crippen molar-refractivity contribution in [2.45, 2.75) is 18.4 Å². The molecule has 0 amide bonds. The van der Waals surface area contributed by atoms with Gasteiger partial charge in [-0.3, -0.25) is 4.79 Å². The van der Waals surface area contributed by atoms with E-state index >= 15 is 0 Å². The lowest BCUT2D eigenvalue weighted by Crippen LogP contribution is -2.45. The third-order valence-corrected chi connectivity index (χ3v) is 3.21. The number of halogens is 1. The Balaban J connectivity index is 2.25. The van der Waals surface area contributed by atoms with Gasteiger partial charge in [-0.1, -0.05) is 0 Å². The molecule has 0 atom stereocenters. The van der Waals surface area contributed by atoms with E-state index in [1.165, 1.54) is 31.4 Å². The maximum atomic E-state index is 12.8. The molecule has 0 aromatic heterocycles. The highest BCUT2D eigenvalue weighted by Crippen LogP contribution is 2.28. The Morgan fingerprint density at radius 2 is 1.88 bits per heavy atom. The zero-order valence-electron chi connectivity index (χ0n) is 9.74. The van der Waals surface area contributed by atoms with Crippen molar-refractivity contribution in [3.05, 3.63) is 35.6 Å². The summed E-state index contributed by atoms with van der Waals surface area (Å²) in [6.07, 6.45) is 1.08. The van der Waals surface area contributed by atoms with Crippen molar-refractivity contribution in [1.29, 1.82) is 0 Å². The van der Waals surface area contributed by atoms with Crippen molar-refractivity contribution in [2.75, 3.05) is 20.3 Å². The normalized spacial score (nSPS) is 18.9. The van der Waals surface area contributed by atoms with Crippen LogP contribution in [0.5, 0.6) is 0 Å². The Hall–Kier alpha value is -1.26. The molecule has 2 rings (SSSR count). The van der Waals surface area contributed by atoms with Crippen LogP contribution in [0.3, 0.4) is 0 Å². The number of carbonyl (C=O) groups excluding carboxylic acids is 1. The molecule has 0 aliphatic carbocycles. The van der Waals surface area contributed by atoms with E-state index < -0.39 is 5.60 Å². The summed E-state index contributed by atoms with van der Waals surface area (Å²) in [5.41, 5.74) is -0.328. The summed E-state index contributed by atoms with van der Waals surface area (Å²) in [5.74, 6) is -0.441. The molecule has 1 saturated heterocycles. The lowest BCUT2D eigenvalue weighted by molar-refractivity contribution is -0.0663. The van der Waals surface area contributed by atoms with Gasteiger partial charge in [0.1, 0.15) is 11.4 Å². The summed E-state index contributed by atoms with van der Waals surface area (Å²) in [6, 6.07) is 5.56. The number of hydrogen-bond donors (Lipinski definition) is 0. The molecule has 4 heteroatoms. The Morgan fingerprint density at radius 1 is 1.29 bits per heavy atom. The summed E-state index contributed by atoms with van der Waals surface area (Å²) >= 11 is 0. The van der Waals surface area contributed by atoms with E-state index in [0.717, 1.165) is 0 Å². The fraction of sp³-hybridized carbons (Fsp3) is 0.462. The molecule has 1 aromatic carbocycles. The Labute approximate surface area is 99.5 Å². The number of rotatable bonds is 3. The predicted octanol–water partition coefficient (Wildman–Crippen LogP) is 2.20. The van der Waals surface area contributed by atoms with Crippen LogP contribution >= 0.6 is 0 Å². The van der Waals surface area contributed by atoms with Gasteiger partial charge in [0.15, 0.2) is 5.78 Å². The molecule has 1 heterocycles. The maximum absolute atomic E-state index is 12.8. The van der Waals surface area contributed by atoms with E-state index in [9.17, 15) is 9.18 Å². The van der Waals surface area contributed by atoms with Gasteiger partial charge in [-0.2, -0.15) is 0 Å². The van der Waals surface area contributed by atoms with Gasteiger partial charge in [0.2, 0.25) is 0 Å². The zero-order chi connectivity index (χ0) is 12.3. The van der Waals surface area contributed by atoms with Crippen LogP contribution in [0.1, 0.15) is 23.2 Å². The van der Waals surface area contributed by atoms with E-state index in [-0.39, 0.29) is 11.6 Å². The van der Waals surface area contributed by atoms with Crippen molar-refractivity contribution in [3.8, 4) is 0 Å². The summed E-state index contributed by atoms with van der Waals surface area (Å²) in [6.45, 7) is 1.03. The third-order valence-electron chi connectivity index (χ3n) is 3.21. The van der Waals surface area contributed by atoms with Crippen LogP contribution in [0.25, 0.3) is 0 Å². The van der Waals surface area contributed by atoms with Gasteiger partial charge in [-0.15, -0.1) is 0 Å². The minimum absolute atomic E-state index is 0.0942. The number of hydrogen-bond acceptors (Lipinski definition) is 3. The van der Waals surface area contributed by atoms with E-state index in [1.54, 1.807) is 0 Å². The fourth-order valence-corrected chi connectivity index (χ4v) is 2.09. The van der Waals surface area contributed by atoms with Gasteiger partial charge < -0.3 is 9.47 Å². The van der Waals surface area contributed by atoms with Crippen LogP contribution in [-0.4, -0.2) is 31.7 Å². The third kappa shape index (κ3) is 2.37. The van der Waals surface area contributed by atoms with Crippen molar-refractivity contribution >= 4 is 5.78 Å². The van der Waals surface area contributed by atoms with Crippen LogP contribution in [-0.2, 0) is 9.47 Å². The van der Waals surface area contributed by atoms with E-state index in [4.69, 9.17) is 9.47 Å². The first-order valence-corrected chi connectivity index (χ1v) is 5.61. The molecule has 0 radical (unpaired) electrons. The number of Topliss-reactive ketones (excluding diaryl/α,β-unsaturated/α-hetero) is 1. The van der Waals surface area contributed by atoms with Gasteiger partial charge in [-0.05, 0) is 24.3 Å². The minimum Gasteiger partial charge on any atom is -0.381 e. The zero-order valence-corrected chi connectivity index (χ0v) is 9.74. The Morgan fingerprint density at radius 3 is 2.41 bits per heavy atom. The highest BCUT2D eigenvalue weighted by Gasteiger charge is 2.40. The molecule has 3 nitrogen and oxygen atoms in total. The molecule has 1 aliphatic heterocycles. The molecule has 1 aliphatic rings. The van der Waals surface area contributed by atoms with Crippen LogP contribution in [0.2, 0.25) is 0 Å². The lowest BCUT2D eigenvalue weighted by atomic mass is 9.86. The highest BCUT2D eigenvalue weighted by atomic mass is 19.1. The van der Waals surface area contributed by atoms with Crippen LogP contribution in [0.15, 0.2) is 24.3 Å². The van der Waals surface area contributed by atoms with Crippen molar-refractivity contribution in [2.24, 2.45) is 0 Å². The molecule has 1 aromatic rings. The van der Waals surface area contributed by atoms with Gasteiger partial charge in [-0.25, -0.2) is 4.39 Å². The molecule has 1 fully saturated rings. The quantitative estimate of drug-likeness (QED) is 0.757. The second-order valence-corrected chi connectivity index (χ2v) is 4.15. The minimum atomic E-state index is -0.809. The largest absolute Gasteiger partial charge is 0.381 e. The SMILES string of the molecule is COC1(C(=O)c2ccc(F)cc2)CCOCC1. The smallest absolute Gasteiger partial charge is 0.194 e. The van der Waals surface area contributed by atoms with Crippen LogP contribution < -0.4 is 0 Å². The number of benzene rings is 1. The fourth-order valence-electron chi connectivity index (χ4n) is 2.09. The van der Waals surface area contributed by atoms with Gasteiger partial charge in [0.25, 0.3) is 0 Å². The average molecular weight is 238 g/mol. The van der Waals surface area contributed by atoms with E-state index in [0.29, 0.717) is 31.6 Å². The van der Waals surface area contributed by atoms with Gasteiger partial charge >= 0.3 is 0 Å². The van der Waals surface area contributed by atoms with Gasteiger partial charge in [0.05, 0.1) is 0 Å². The second-order valence-electron chi connectivity index (χ2n) is 4.15. The number of ether oxygens (including phenoxy) is 2. The number of ketones is 1. The summed E-state index contributed by atoms with van der Waals surface area (Å²) < 4.78 is 23.4. The Bertz CT molecular complexity index is 394. The first-order chi connectivity index (χ1) is 8.18. The maximum Gasteiger partial charge on any atom is 0.194 e. The second kappa shape index (κ2) is 4.94. The van der Waals surface area contributed by atoms with E-state index in [2.05, 4.69) is 0 Å². The van der Waals surface area contributed by atoms with Crippen molar-refractivity contribution < 1.29 is 18.7 Å². The standard InChI is InChI=1S/C13H15FO3/c1-16-13(6-8-17-9-7-13)12(15)10-2-4-11(14)5-3-10/h2-5H,6-9H2,1H3. The predicted molar refractivity (Wildman–Crippen MR) is 60.5 cm³/mol. The molecule has 0 N–H and O–H groups in total. The van der Waals surface area contributed by atoms with E-state index in [1.807, 2.05) is 0 Å². The molecule has 0 saturated carbocycles. The van der Waals surface area contributed by atoms with Gasteiger partial charge in [0, 0.05) is 38.7 Å². The lowest BCUT2D eigenvalue weighted by Gasteiger charge is -2.34. The summed E-state index contributed by atoms with van der Waals surface area (Å²) in [5, 5.41) is 0. The Kier molecular flexibility index (Phi) is 3.54. The average Bonchev–Trinajstić information content (AvgIpc) is 2.39. The first kappa shape index (κ1) is 12.2. The molecule has 17 heavy (non-hydrogen) atoms. The van der Waals surface area contributed by atoms with Crippen LogP contribution in [0, 0.1) is 5.82 Å². The van der Waals surface area contributed by atoms with Crippen molar-refractivity contribution in [1.82, 2.24) is 0 Å². The topological polar surface area (TPSA) is 35.5 Å². The van der Waals surface area contributed by atoms with Crippen LogP contribution in [0.4, 0.5) is 4.39 Å². The summed E-state index contributed by atoms with van der Waals surface area (Å²) in [7, 11) is 1.53.